The Labute approximate surface area is 165 Å². The van der Waals surface area contributed by atoms with E-state index in [1.165, 1.54) is 0 Å². The van der Waals surface area contributed by atoms with Crippen molar-refractivity contribution in [1.29, 1.82) is 0 Å². The molecule has 0 spiro atoms. The number of hydrogen-bond donors (Lipinski definition) is 3. The van der Waals surface area contributed by atoms with E-state index in [0.717, 1.165) is 18.7 Å². The molecule has 0 aromatic heterocycles. The molecular formula is C19H29N5O4. The molecule has 0 saturated carbocycles. The quantitative estimate of drug-likeness (QED) is 0.633. The number of anilines is 1. The number of nitrogens with two attached hydrogens (primary N) is 1. The van der Waals surface area contributed by atoms with Gasteiger partial charge in [0.2, 0.25) is 0 Å². The summed E-state index contributed by atoms with van der Waals surface area (Å²) in [6.07, 6.45) is 0. The van der Waals surface area contributed by atoms with Crippen molar-refractivity contribution in [1.82, 2.24) is 15.1 Å². The standard InChI is InChI=1S/C19H29N5O4/c20-3-4-21-18(25)15-1-2-16(14-23-5-9-27-10-6-23)17(13-15)22-19(26)24-7-11-28-12-8-24/h1-2,13H,3-12,14,20H2,(H,21,25)(H,22,26). The van der Waals surface area contributed by atoms with E-state index < -0.39 is 0 Å². The Morgan fingerprint density at radius 1 is 1.04 bits per heavy atom. The molecule has 3 rings (SSSR count). The number of ether oxygens (including phenoxy) is 2. The van der Waals surface area contributed by atoms with Crippen molar-refractivity contribution < 1.29 is 19.1 Å². The van der Waals surface area contributed by atoms with Gasteiger partial charge in [0.15, 0.2) is 0 Å². The summed E-state index contributed by atoms with van der Waals surface area (Å²) >= 11 is 0. The molecule has 154 valence electrons. The number of carbonyl (C=O) groups is 2. The summed E-state index contributed by atoms with van der Waals surface area (Å²) in [7, 11) is 0. The number of benzene rings is 1. The molecule has 0 unspecified atom stereocenters. The first-order valence-corrected chi connectivity index (χ1v) is 9.72. The molecule has 3 amide bonds. The second-order valence-electron chi connectivity index (χ2n) is 6.83. The Bertz CT molecular complexity index is 672. The van der Waals surface area contributed by atoms with Gasteiger partial charge in [-0.2, -0.15) is 0 Å². The van der Waals surface area contributed by atoms with Gasteiger partial charge in [-0.1, -0.05) is 6.07 Å². The van der Waals surface area contributed by atoms with Gasteiger partial charge < -0.3 is 30.7 Å². The smallest absolute Gasteiger partial charge is 0.322 e. The van der Waals surface area contributed by atoms with Crippen LogP contribution in [0.3, 0.4) is 0 Å². The van der Waals surface area contributed by atoms with Gasteiger partial charge in [-0.15, -0.1) is 0 Å². The highest BCUT2D eigenvalue weighted by molar-refractivity contribution is 5.97. The van der Waals surface area contributed by atoms with Crippen LogP contribution in [-0.4, -0.2) is 87.4 Å². The normalized spacial score (nSPS) is 18.0. The lowest BCUT2D eigenvalue weighted by Crippen LogP contribution is -2.43. The van der Waals surface area contributed by atoms with Gasteiger partial charge in [-0.25, -0.2) is 4.79 Å². The second-order valence-corrected chi connectivity index (χ2v) is 6.83. The Morgan fingerprint density at radius 2 is 1.71 bits per heavy atom. The number of urea groups is 1. The third-order valence-corrected chi connectivity index (χ3v) is 4.84. The number of nitrogens with zero attached hydrogens (tertiary/aromatic N) is 2. The van der Waals surface area contributed by atoms with Crippen molar-refractivity contribution in [2.24, 2.45) is 5.73 Å². The second kappa shape index (κ2) is 10.4. The molecule has 0 bridgehead atoms. The van der Waals surface area contributed by atoms with Gasteiger partial charge in [-0.3, -0.25) is 9.69 Å². The van der Waals surface area contributed by atoms with Crippen molar-refractivity contribution in [3.63, 3.8) is 0 Å². The Kier molecular flexibility index (Phi) is 7.61. The summed E-state index contributed by atoms with van der Waals surface area (Å²) in [4.78, 5) is 29.0. The number of rotatable bonds is 6. The maximum atomic E-state index is 12.7. The molecule has 2 aliphatic heterocycles. The van der Waals surface area contributed by atoms with Gasteiger partial charge in [0.05, 0.1) is 26.4 Å². The summed E-state index contributed by atoms with van der Waals surface area (Å²) in [5.74, 6) is -0.203. The lowest BCUT2D eigenvalue weighted by atomic mass is 10.1. The number of morpholine rings is 2. The molecule has 9 nitrogen and oxygen atoms in total. The van der Waals surface area contributed by atoms with E-state index in [1.807, 2.05) is 6.07 Å². The largest absolute Gasteiger partial charge is 0.379 e. The molecule has 4 N–H and O–H groups in total. The number of amides is 3. The molecule has 9 heteroatoms. The van der Waals surface area contributed by atoms with E-state index in [4.69, 9.17) is 15.2 Å². The molecule has 0 atom stereocenters. The van der Waals surface area contributed by atoms with Gasteiger partial charge in [0.1, 0.15) is 0 Å². The fourth-order valence-electron chi connectivity index (χ4n) is 3.22. The molecule has 2 saturated heterocycles. The SMILES string of the molecule is NCCNC(=O)c1ccc(CN2CCOCC2)c(NC(=O)N2CCOCC2)c1. The topological polar surface area (TPSA) is 109 Å². The van der Waals surface area contributed by atoms with Crippen LogP contribution >= 0.6 is 0 Å². The zero-order chi connectivity index (χ0) is 19.8. The van der Waals surface area contributed by atoms with Gasteiger partial charge in [0.25, 0.3) is 5.91 Å². The third-order valence-electron chi connectivity index (χ3n) is 4.84. The Hall–Kier alpha value is -2.20. The predicted molar refractivity (Wildman–Crippen MR) is 105 cm³/mol. The van der Waals surface area contributed by atoms with Crippen LogP contribution < -0.4 is 16.4 Å². The van der Waals surface area contributed by atoms with E-state index in [-0.39, 0.29) is 11.9 Å². The first-order valence-electron chi connectivity index (χ1n) is 9.72. The minimum atomic E-state index is -0.203. The first-order chi connectivity index (χ1) is 13.7. The highest BCUT2D eigenvalue weighted by Crippen LogP contribution is 2.21. The lowest BCUT2D eigenvalue weighted by molar-refractivity contribution is 0.0342. The first kappa shape index (κ1) is 20.5. The van der Waals surface area contributed by atoms with Crippen LogP contribution in [-0.2, 0) is 16.0 Å². The molecule has 1 aromatic carbocycles. The van der Waals surface area contributed by atoms with Crippen LogP contribution in [0.2, 0.25) is 0 Å². The highest BCUT2D eigenvalue weighted by atomic mass is 16.5. The fraction of sp³-hybridized carbons (Fsp3) is 0.579. The van der Waals surface area contributed by atoms with Crippen molar-refractivity contribution in [3.8, 4) is 0 Å². The van der Waals surface area contributed by atoms with E-state index in [9.17, 15) is 9.59 Å². The average Bonchev–Trinajstić information content (AvgIpc) is 2.74. The number of carbonyl (C=O) groups excluding carboxylic acids is 2. The maximum absolute atomic E-state index is 12.7. The van der Waals surface area contributed by atoms with E-state index in [1.54, 1.807) is 17.0 Å². The summed E-state index contributed by atoms with van der Waals surface area (Å²) in [5, 5.41) is 5.75. The van der Waals surface area contributed by atoms with Crippen molar-refractivity contribution >= 4 is 17.6 Å². The molecule has 28 heavy (non-hydrogen) atoms. The van der Waals surface area contributed by atoms with Crippen LogP contribution in [0.25, 0.3) is 0 Å². The van der Waals surface area contributed by atoms with E-state index in [0.29, 0.717) is 70.4 Å². The molecule has 0 aliphatic carbocycles. The Balaban J connectivity index is 1.76. The summed E-state index contributed by atoms with van der Waals surface area (Å²) in [6.45, 7) is 6.75. The number of nitrogens with one attached hydrogen (secondary N) is 2. The molecular weight excluding hydrogens is 362 g/mol. The van der Waals surface area contributed by atoms with Crippen LogP contribution in [0.15, 0.2) is 18.2 Å². The molecule has 1 aromatic rings. The average molecular weight is 391 g/mol. The molecule has 2 fully saturated rings. The fourth-order valence-corrected chi connectivity index (χ4v) is 3.22. The van der Waals surface area contributed by atoms with E-state index in [2.05, 4.69) is 15.5 Å². The Morgan fingerprint density at radius 3 is 2.39 bits per heavy atom. The van der Waals surface area contributed by atoms with Crippen molar-refractivity contribution in [2.75, 3.05) is 71.0 Å². The monoisotopic (exact) mass is 391 g/mol. The van der Waals surface area contributed by atoms with E-state index >= 15 is 0 Å². The molecule has 0 radical (unpaired) electrons. The third kappa shape index (κ3) is 5.65. The van der Waals surface area contributed by atoms with Crippen LogP contribution in [0.5, 0.6) is 0 Å². The maximum Gasteiger partial charge on any atom is 0.322 e. The zero-order valence-corrected chi connectivity index (χ0v) is 16.1. The summed E-state index contributed by atoms with van der Waals surface area (Å²) in [6, 6.07) is 5.25. The number of hydrogen-bond acceptors (Lipinski definition) is 6. The summed E-state index contributed by atoms with van der Waals surface area (Å²) < 4.78 is 10.7. The van der Waals surface area contributed by atoms with Gasteiger partial charge in [0, 0.05) is 57.1 Å². The van der Waals surface area contributed by atoms with Crippen molar-refractivity contribution in [2.45, 2.75) is 6.54 Å². The minimum Gasteiger partial charge on any atom is -0.379 e. The van der Waals surface area contributed by atoms with Crippen LogP contribution in [0.4, 0.5) is 10.5 Å². The zero-order valence-electron chi connectivity index (χ0n) is 16.1. The van der Waals surface area contributed by atoms with Crippen molar-refractivity contribution in [3.05, 3.63) is 29.3 Å². The van der Waals surface area contributed by atoms with Crippen LogP contribution in [0, 0.1) is 0 Å². The molecule has 2 aliphatic rings. The van der Waals surface area contributed by atoms with Gasteiger partial charge >= 0.3 is 6.03 Å². The minimum absolute atomic E-state index is 0.175. The lowest BCUT2D eigenvalue weighted by Gasteiger charge is -2.29. The van der Waals surface area contributed by atoms with Gasteiger partial charge in [-0.05, 0) is 17.7 Å². The predicted octanol–water partition coefficient (Wildman–Crippen LogP) is 0.0714. The highest BCUT2D eigenvalue weighted by Gasteiger charge is 2.20. The van der Waals surface area contributed by atoms with Crippen LogP contribution in [0.1, 0.15) is 15.9 Å². The molecule has 2 heterocycles. The summed E-state index contributed by atoms with van der Waals surface area (Å²) in [5.41, 5.74) is 7.58.